The van der Waals surface area contributed by atoms with E-state index in [1.54, 1.807) is 6.07 Å². The lowest BCUT2D eigenvalue weighted by Crippen LogP contribution is -2.26. The van der Waals surface area contributed by atoms with E-state index in [4.69, 9.17) is 15.1 Å². The molecule has 4 nitrogen and oxygen atoms in total. The van der Waals surface area contributed by atoms with Crippen molar-refractivity contribution in [2.24, 2.45) is 5.92 Å². The topological polar surface area (TPSA) is 70.3 Å². The summed E-state index contributed by atoms with van der Waals surface area (Å²) in [4.78, 5) is 11.4. The molecule has 0 aliphatic carbocycles. The first-order valence-corrected chi connectivity index (χ1v) is 4.93. The summed E-state index contributed by atoms with van der Waals surface area (Å²) >= 11 is 0. The number of benzene rings is 1. The van der Waals surface area contributed by atoms with E-state index in [0.717, 1.165) is 5.56 Å². The standard InChI is InChI=1S/C12H13NO3/c1-9(14)11(7-13)12(15)16-8-10-5-3-2-4-6-10/h2-6,9,11,14H,8H2,1H3/t9-,11?/m1/s1. The Labute approximate surface area is 94.1 Å². The summed E-state index contributed by atoms with van der Waals surface area (Å²) in [7, 11) is 0. The van der Waals surface area contributed by atoms with Gasteiger partial charge in [0.25, 0.3) is 0 Å². The summed E-state index contributed by atoms with van der Waals surface area (Å²) in [5, 5.41) is 17.8. The van der Waals surface area contributed by atoms with Gasteiger partial charge in [0.2, 0.25) is 0 Å². The van der Waals surface area contributed by atoms with Crippen LogP contribution in [0.1, 0.15) is 12.5 Å². The average Bonchev–Trinajstić information content (AvgIpc) is 2.28. The molecule has 1 aromatic carbocycles. The summed E-state index contributed by atoms with van der Waals surface area (Å²) < 4.78 is 4.92. The number of esters is 1. The van der Waals surface area contributed by atoms with Crippen molar-refractivity contribution < 1.29 is 14.6 Å². The summed E-state index contributed by atoms with van der Waals surface area (Å²) in [6, 6.07) is 10.9. The van der Waals surface area contributed by atoms with Gasteiger partial charge in [0.05, 0.1) is 12.2 Å². The molecular weight excluding hydrogens is 206 g/mol. The second kappa shape index (κ2) is 5.89. The van der Waals surface area contributed by atoms with E-state index in [9.17, 15) is 4.79 Å². The number of ether oxygens (including phenoxy) is 1. The van der Waals surface area contributed by atoms with Crippen molar-refractivity contribution in [2.45, 2.75) is 19.6 Å². The van der Waals surface area contributed by atoms with Crippen LogP contribution in [0.5, 0.6) is 0 Å². The number of aliphatic hydroxyl groups excluding tert-OH is 1. The molecule has 1 aromatic rings. The molecule has 0 amide bonds. The molecule has 0 aliphatic heterocycles. The summed E-state index contributed by atoms with van der Waals surface area (Å²) in [6.45, 7) is 1.50. The average molecular weight is 219 g/mol. The largest absolute Gasteiger partial charge is 0.460 e. The van der Waals surface area contributed by atoms with E-state index in [2.05, 4.69) is 0 Å². The van der Waals surface area contributed by atoms with E-state index < -0.39 is 18.0 Å². The van der Waals surface area contributed by atoms with Crippen LogP contribution in [0.15, 0.2) is 30.3 Å². The molecule has 0 fully saturated rings. The minimum Gasteiger partial charge on any atom is -0.460 e. The van der Waals surface area contributed by atoms with Crippen LogP contribution in [0.4, 0.5) is 0 Å². The Morgan fingerprint density at radius 2 is 2.12 bits per heavy atom. The molecule has 16 heavy (non-hydrogen) atoms. The zero-order chi connectivity index (χ0) is 12.0. The highest BCUT2D eigenvalue weighted by Crippen LogP contribution is 2.07. The molecule has 1 rings (SSSR count). The Kier molecular flexibility index (Phi) is 4.49. The molecule has 0 saturated heterocycles. The number of rotatable bonds is 4. The highest BCUT2D eigenvalue weighted by molar-refractivity contribution is 5.75. The van der Waals surface area contributed by atoms with Gasteiger partial charge >= 0.3 is 5.97 Å². The Balaban J connectivity index is 2.50. The number of nitrogens with zero attached hydrogens (tertiary/aromatic N) is 1. The molecule has 0 spiro atoms. The Bertz CT molecular complexity index is 381. The molecule has 0 saturated carbocycles. The second-order valence-electron chi connectivity index (χ2n) is 3.44. The van der Waals surface area contributed by atoms with Gasteiger partial charge < -0.3 is 9.84 Å². The van der Waals surface area contributed by atoms with Crippen LogP contribution < -0.4 is 0 Å². The van der Waals surface area contributed by atoms with Gasteiger partial charge in [-0.3, -0.25) is 4.79 Å². The Morgan fingerprint density at radius 3 is 2.62 bits per heavy atom. The van der Waals surface area contributed by atoms with E-state index in [1.165, 1.54) is 6.92 Å². The third-order valence-electron chi connectivity index (χ3n) is 2.10. The second-order valence-corrected chi connectivity index (χ2v) is 3.44. The molecule has 0 aromatic heterocycles. The van der Waals surface area contributed by atoms with Crippen molar-refractivity contribution in [2.75, 3.05) is 0 Å². The third kappa shape index (κ3) is 3.37. The van der Waals surface area contributed by atoms with E-state index >= 15 is 0 Å². The van der Waals surface area contributed by atoms with E-state index in [-0.39, 0.29) is 6.61 Å². The van der Waals surface area contributed by atoms with Gasteiger partial charge in [-0.05, 0) is 12.5 Å². The molecular formula is C12H13NO3. The van der Waals surface area contributed by atoms with Crippen LogP contribution in [0.25, 0.3) is 0 Å². The molecule has 0 aliphatic rings. The molecule has 84 valence electrons. The van der Waals surface area contributed by atoms with Gasteiger partial charge in [-0.2, -0.15) is 5.26 Å². The summed E-state index contributed by atoms with van der Waals surface area (Å²) in [5.41, 5.74) is 0.845. The maximum atomic E-state index is 11.4. The first kappa shape index (κ1) is 12.2. The molecule has 2 atom stereocenters. The maximum Gasteiger partial charge on any atom is 0.326 e. The van der Waals surface area contributed by atoms with Crippen LogP contribution in [0, 0.1) is 17.2 Å². The molecule has 1 unspecified atom stereocenters. The van der Waals surface area contributed by atoms with Crippen molar-refractivity contribution in [3.8, 4) is 6.07 Å². The van der Waals surface area contributed by atoms with Gasteiger partial charge in [0, 0.05) is 0 Å². The number of carbonyl (C=O) groups excluding carboxylic acids is 1. The fourth-order valence-corrected chi connectivity index (χ4v) is 1.18. The summed E-state index contributed by atoms with van der Waals surface area (Å²) in [6.07, 6.45) is -1.02. The fraction of sp³-hybridized carbons (Fsp3) is 0.333. The third-order valence-corrected chi connectivity index (χ3v) is 2.10. The van der Waals surface area contributed by atoms with Crippen LogP contribution in [0.3, 0.4) is 0 Å². The molecule has 0 radical (unpaired) electrons. The monoisotopic (exact) mass is 219 g/mol. The minimum atomic E-state index is -1.12. The lowest BCUT2D eigenvalue weighted by atomic mass is 10.1. The van der Waals surface area contributed by atoms with Gasteiger partial charge in [0.1, 0.15) is 6.61 Å². The fourth-order valence-electron chi connectivity index (χ4n) is 1.18. The predicted octanol–water partition coefficient (Wildman–Crippen LogP) is 1.25. The smallest absolute Gasteiger partial charge is 0.326 e. The number of nitriles is 1. The molecule has 1 N–H and O–H groups in total. The van der Waals surface area contributed by atoms with Crippen LogP contribution >= 0.6 is 0 Å². The number of aliphatic hydroxyl groups is 1. The zero-order valence-corrected chi connectivity index (χ0v) is 8.96. The zero-order valence-electron chi connectivity index (χ0n) is 8.96. The predicted molar refractivity (Wildman–Crippen MR) is 57.0 cm³/mol. The molecule has 4 heteroatoms. The van der Waals surface area contributed by atoms with Crippen LogP contribution in [-0.4, -0.2) is 17.2 Å². The first-order valence-electron chi connectivity index (χ1n) is 4.93. The van der Waals surface area contributed by atoms with Crippen molar-refractivity contribution in [1.82, 2.24) is 0 Å². The first-order chi connectivity index (χ1) is 7.65. The Morgan fingerprint density at radius 1 is 1.50 bits per heavy atom. The van der Waals surface area contributed by atoms with Gasteiger partial charge in [-0.1, -0.05) is 30.3 Å². The van der Waals surface area contributed by atoms with Crippen molar-refractivity contribution in [1.29, 1.82) is 5.26 Å². The van der Waals surface area contributed by atoms with Crippen molar-refractivity contribution in [3.63, 3.8) is 0 Å². The molecule has 0 heterocycles. The highest BCUT2D eigenvalue weighted by Gasteiger charge is 2.24. The number of carbonyl (C=O) groups is 1. The van der Waals surface area contributed by atoms with Gasteiger partial charge in [-0.25, -0.2) is 0 Å². The van der Waals surface area contributed by atoms with Crippen molar-refractivity contribution >= 4 is 5.97 Å². The molecule has 0 bridgehead atoms. The van der Waals surface area contributed by atoms with E-state index in [1.807, 2.05) is 30.3 Å². The SMILES string of the molecule is C[C@@H](O)C(C#N)C(=O)OCc1ccccc1. The quantitative estimate of drug-likeness (QED) is 0.774. The number of hydrogen-bond donors (Lipinski definition) is 1. The van der Waals surface area contributed by atoms with Crippen molar-refractivity contribution in [3.05, 3.63) is 35.9 Å². The lowest BCUT2D eigenvalue weighted by molar-refractivity contribution is -0.150. The highest BCUT2D eigenvalue weighted by atomic mass is 16.5. The van der Waals surface area contributed by atoms with Gasteiger partial charge in [0.15, 0.2) is 5.92 Å². The van der Waals surface area contributed by atoms with Crippen LogP contribution in [0.2, 0.25) is 0 Å². The van der Waals surface area contributed by atoms with Crippen LogP contribution in [-0.2, 0) is 16.1 Å². The minimum absolute atomic E-state index is 0.116. The summed E-state index contributed by atoms with van der Waals surface area (Å²) in [5.74, 6) is -1.81. The Hall–Kier alpha value is -1.86. The number of hydrogen-bond acceptors (Lipinski definition) is 4. The normalized spacial score (nSPS) is 13.6. The van der Waals surface area contributed by atoms with Gasteiger partial charge in [-0.15, -0.1) is 0 Å². The maximum absolute atomic E-state index is 11.4. The van der Waals surface area contributed by atoms with E-state index in [0.29, 0.717) is 0 Å². The lowest BCUT2D eigenvalue weighted by Gasteiger charge is -2.11.